The molecule has 1 aliphatic heterocycles. The number of halogens is 1. The van der Waals surface area contributed by atoms with Crippen molar-refractivity contribution in [3.8, 4) is 0 Å². The number of thiazole rings is 1. The Labute approximate surface area is 141 Å². The molecule has 0 aliphatic carbocycles. The summed E-state index contributed by atoms with van der Waals surface area (Å²) in [5, 5.41) is 0. The lowest BCUT2D eigenvalue weighted by atomic mass is 9.92. The van der Waals surface area contributed by atoms with Gasteiger partial charge in [-0.2, -0.15) is 0 Å². The number of aryl methyl sites for hydroxylation is 1. The van der Waals surface area contributed by atoms with Crippen LogP contribution in [0.15, 0.2) is 4.79 Å². The topological polar surface area (TPSA) is 68.3 Å². The summed E-state index contributed by atoms with van der Waals surface area (Å²) in [4.78, 5) is 27.3. The first kappa shape index (κ1) is 19.2. The molecular formula is C15H26ClN3O2S. The fraction of sp³-hybridized carbons (Fsp3) is 0.733. The van der Waals surface area contributed by atoms with Crippen LogP contribution in [-0.4, -0.2) is 34.5 Å². The average Bonchev–Trinajstić information content (AvgIpc) is 2.69. The maximum atomic E-state index is 12.4. The Balaban J connectivity index is 0.00000242. The van der Waals surface area contributed by atoms with Gasteiger partial charge in [0.15, 0.2) is 0 Å². The van der Waals surface area contributed by atoms with Crippen LogP contribution in [0.25, 0.3) is 0 Å². The molecular weight excluding hydrogens is 322 g/mol. The van der Waals surface area contributed by atoms with Crippen LogP contribution in [0, 0.1) is 19.8 Å². The molecule has 1 aromatic heterocycles. The molecule has 2 N–H and O–H groups in total. The number of carbonyl (C=O) groups excluding carboxylic acids is 1. The summed E-state index contributed by atoms with van der Waals surface area (Å²) < 4.78 is 1.71. The zero-order chi connectivity index (χ0) is 15.6. The van der Waals surface area contributed by atoms with E-state index < -0.39 is 0 Å². The minimum atomic E-state index is 0. The molecule has 2 heterocycles. The van der Waals surface area contributed by atoms with Crippen LogP contribution < -0.4 is 10.6 Å². The summed E-state index contributed by atoms with van der Waals surface area (Å²) in [6.07, 6.45) is 2.40. The molecule has 2 atom stereocenters. The molecule has 2 rings (SSSR count). The minimum Gasteiger partial charge on any atom is -0.338 e. The SMILES string of the molecule is Cc1sc(=O)n(CCC(=O)N2CCC(C)CC2CN)c1C.Cl. The highest BCUT2D eigenvalue weighted by Gasteiger charge is 2.28. The van der Waals surface area contributed by atoms with E-state index in [1.807, 2.05) is 18.7 Å². The van der Waals surface area contributed by atoms with Crippen molar-refractivity contribution in [1.82, 2.24) is 9.47 Å². The fourth-order valence-electron chi connectivity index (χ4n) is 3.00. The van der Waals surface area contributed by atoms with E-state index in [-0.39, 0.29) is 29.2 Å². The lowest BCUT2D eigenvalue weighted by molar-refractivity contribution is -0.135. The number of carbonyl (C=O) groups is 1. The van der Waals surface area contributed by atoms with E-state index in [1.54, 1.807) is 4.57 Å². The predicted octanol–water partition coefficient (Wildman–Crippen LogP) is 1.92. The first-order valence-electron chi connectivity index (χ1n) is 7.60. The third-order valence-corrected chi connectivity index (χ3v) is 5.49. The summed E-state index contributed by atoms with van der Waals surface area (Å²) in [7, 11) is 0. The van der Waals surface area contributed by atoms with Crippen molar-refractivity contribution in [1.29, 1.82) is 0 Å². The maximum absolute atomic E-state index is 12.4. The number of aromatic nitrogens is 1. The zero-order valence-corrected chi connectivity index (χ0v) is 15.1. The molecule has 1 aromatic rings. The van der Waals surface area contributed by atoms with E-state index in [4.69, 9.17) is 5.73 Å². The quantitative estimate of drug-likeness (QED) is 0.904. The van der Waals surface area contributed by atoms with Crippen LogP contribution in [0.4, 0.5) is 0 Å². The first-order valence-corrected chi connectivity index (χ1v) is 8.42. The van der Waals surface area contributed by atoms with Gasteiger partial charge in [0.1, 0.15) is 0 Å². The second-order valence-electron chi connectivity index (χ2n) is 6.02. The largest absolute Gasteiger partial charge is 0.338 e. The van der Waals surface area contributed by atoms with Gasteiger partial charge in [-0.25, -0.2) is 0 Å². The fourth-order valence-corrected chi connectivity index (χ4v) is 3.86. The Morgan fingerprint density at radius 3 is 2.64 bits per heavy atom. The van der Waals surface area contributed by atoms with Crippen LogP contribution in [0.3, 0.4) is 0 Å². The van der Waals surface area contributed by atoms with Gasteiger partial charge in [-0.3, -0.25) is 9.59 Å². The normalized spacial score (nSPS) is 21.5. The second kappa shape index (κ2) is 8.13. The van der Waals surface area contributed by atoms with Gasteiger partial charge in [0.2, 0.25) is 5.91 Å². The van der Waals surface area contributed by atoms with Crippen molar-refractivity contribution < 1.29 is 4.79 Å². The van der Waals surface area contributed by atoms with Crippen LogP contribution >= 0.6 is 23.7 Å². The molecule has 5 nitrogen and oxygen atoms in total. The smallest absolute Gasteiger partial charge is 0.307 e. The van der Waals surface area contributed by atoms with Crippen molar-refractivity contribution in [2.45, 2.75) is 52.6 Å². The number of hydrogen-bond acceptors (Lipinski definition) is 4. The number of nitrogens with two attached hydrogens (primary N) is 1. The summed E-state index contributed by atoms with van der Waals surface area (Å²) >= 11 is 1.25. The molecule has 0 bridgehead atoms. The Kier molecular flexibility index (Phi) is 7.09. The number of hydrogen-bond donors (Lipinski definition) is 1. The molecule has 2 unspecified atom stereocenters. The van der Waals surface area contributed by atoms with Crippen LogP contribution in [0.2, 0.25) is 0 Å². The van der Waals surface area contributed by atoms with Crippen molar-refractivity contribution in [3.05, 3.63) is 20.2 Å². The standard InChI is InChI=1S/C15H25N3O2S.ClH/c1-10-4-6-18(13(8-10)9-16)14(19)5-7-17-11(2)12(3)21-15(17)20;/h10,13H,4-9,16H2,1-3H3;1H. The summed E-state index contributed by atoms with van der Waals surface area (Å²) in [6, 6.07) is 0.156. The Morgan fingerprint density at radius 1 is 1.41 bits per heavy atom. The molecule has 1 fully saturated rings. The maximum Gasteiger partial charge on any atom is 0.307 e. The minimum absolute atomic E-state index is 0. The molecule has 22 heavy (non-hydrogen) atoms. The van der Waals surface area contributed by atoms with Gasteiger partial charge in [-0.15, -0.1) is 12.4 Å². The zero-order valence-electron chi connectivity index (χ0n) is 13.5. The number of likely N-dealkylation sites (tertiary alicyclic amines) is 1. The average molecular weight is 348 g/mol. The summed E-state index contributed by atoms with van der Waals surface area (Å²) in [5.41, 5.74) is 6.78. The van der Waals surface area contributed by atoms with Gasteiger partial charge in [0, 0.05) is 42.7 Å². The molecule has 7 heteroatoms. The van der Waals surface area contributed by atoms with Crippen LogP contribution in [0.1, 0.15) is 36.8 Å². The molecule has 1 aliphatic rings. The van der Waals surface area contributed by atoms with Crippen molar-refractivity contribution >= 4 is 29.7 Å². The van der Waals surface area contributed by atoms with Gasteiger partial charge >= 0.3 is 4.87 Å². The highest BCUT2D eigenvalue weighted by molar-refractivity contribution is 7.09. The molecule has 0 saturated carbocycles. The van der Waals surface area contributed by atoms with Crippen LogP contribution in [-0.2, 0) is 11.3 Å². The van der Waals surface area contributed by atoms with E-state index in [0.717, 1.165) is 30.0 Å². The van der Waals surface area contributed by atoms with Crippen molar-refractivity contribution in [2.24, 2.45) is 11.7 Å². The van der Waals surface area contributed by atoms with E-state index in [2.05, 4.69) is 6.92 Å². The van der Waals surface area contributed by atoms with Gasteiger partial charge in [-0.05, 0) is 32.6 Å². The second-order valence-corrected chi connectivity index (χ2v) is 7.18. The highest BCUT2D eigenvalue weighted by Crippen LogP contribution is 2.22. The molecule has 1 saturated heterocycles. The van der Waals surface area contributed by atoms with Crippen molar-refractivity contribution in [3.63, 3.8) is 0 Å². The highest BCUT2D eigenvalue weighted by atomic mass is 35.5. The third kappa shape index (κ3) is 4.12. The Morgan fingerprint density at radius 2 is 2.09 bits per heavy atom. The number of piperidine rings is 1. The Bertz CT molecular complexity index is 570. The van der Waals surface area contributed by atoms with Crippen LogP contribution in [0.5, 0.6) is 0 Å². The lowest BCUT2D eigenvalue weighted by Gasteiger charge is -2.38. The molecule has 0 radical (unpaired) electrons. The summed E-state index contributed by atoms with van der Waals surface area (Å²) in [5.74, 6) is 0.750. The molecule has 126 valence electrons. The first-order chi connectivity index (χ1) is 9.93. The lowest BCUT2D eigenvalue weighted by Crippen LogP contribution is -2.49. The van der Waals surface area contributed by atoms with Gasteiger partial charge in [0.05, 0.1) is 0 Å². The third-order valence-electron chi connectivity index (χ3n) is 4.49. The van der Waals surface area contributed by atoms with E-state index in [1.165, 1.54) is 11.3 Å². The van der Waals surface area contributed by atoms with Gasteiger partial charge in [-0.1, -0.05) is 18.3 Å². The predicted molar refractivity (Wildman–Crippen MR) is 92.9 cm³/mol. The Hall–Kier alpha value is -0.850. The van der Waals surface area contributed by atoms with Gasteiger partial charge < -0.3 is 15.2 Å². The van der Waals surface area contributed by atoms with Gasteiger partial charge in [0.25, 0.3) is 0 Å². The molecule has 0 spiro atoms. The number of rotatable bonds is 4. The molecule has 1 amide bonds. The number of nitrogens with zero attached hydrogens (tertiary/aromatic N) is 2. The van der Waals surface area contributed by atoms with E-state index in [0.29, 0.717) is 25.4 Å². The van der Waals surface area contributed by atoms with E-state index in [9.17, 15) is 9.59 Å². The van der Waals surface area contributed by atoms with E-state index >= 15 is 0 Å². The number of amides is 1. The van der Waals surface area contributed by atoms with Crippen molar-refractivity contribution in [2.75, 3.05) is 13.1 Å². The summed E-state index contributed by atoms with van der Waals surface area (Å²) in [6.45, 7) is 7.86. The molecule has 0 aromatic carbocycles. The monoisotopic (exact) mass is 347 g/mol.